The van der Waals surface area contributed by atoms with Crippen LogP contribution in [0.15, 0.2) is 0 Å². The van der Waals surface area contributed by atoms with Crippen LogP contribution in [0.3, 0.4) is 0 Å². The van der Waals surface area contributed by atoms with Crippen LogP contribution >= 0.6 is 0 Å². The van der Waals surface area contributed by atoms with E-state index in [1.165, 1.54) is 0 Å². The Balaban J connectivity index is 0. The minimum atomic E-state index is -1.28. The monoisotopic (exact) mass is 411 g/mol. The molecule has 0 atom stereocenters. The first-order chi connectivity index (χ1) is 9.79. The standard InChI is InChI=1S/C15H39N4Si3.Cr/c1-20(2,3)16-10-13-19(14-11-17-21(4,5)6)15-12-18-22(7,8)9;/h10-15H2,1-9H3;/q-3;+4. The first-order valence-corrected chi connectivity index (χ1v) is 18.9. The topological polar surface area (TPSA) is 45.5 Å². The SMILES string of the molecule is C[Si](C)(C)[N-]CCN(CC[N-][Si](C)(C)C)CC[N-][Si](C)(C)C.[Cr+4]. The van der Waals surface area contributed by atoms with E-state index in [1.54, 1.807) is 0 Å². The van der Waals surface area contributed by atoms with Gasteiger partial charge in [-0.3, -0.25) is 0 Å². The average molecular weight is 412 g/mol. The molecule has 0 fully saturated rings. The minimum Gasteiger partial charge on any atom is -0.664 e. The van der Waals surface area contributed by atoms with E-state index in [1.807, 2.05) is 0 Å². The van der Waals surface area contributed by atoms with Gasteiger partial charge in [-0.2, -0.15) is 0 Å². The maximum atomic E-state index is 4.86. The van der Waals surface area contributed by atoms with Crippen molar-refractivity contribution in [3.63, 3.8) is 0 Å². The number of nitrogens with zero attached hydrogens (tertiary/aromatic N) is 4. The van der Waals surface area contributed by atoms with E-state index in [-0.39, 0.29) is 17.4 Å². The van der Waals surface area contributed by atoms with E-state index in [2.05, 4.69) is 63.8 Å². The van der Waals surface area contributed by atoms with Gasteiger partial charge < -0.3 is 19.8 Å². The van der Waals surface area contributed by atoms with E-state index in [9.17, 15) is 0 Å². The Morgan fingerprint density at radius 3 is 0.913 bits per heavy atom. The summed E-state index contributed by atoms with van der Waals surface area (Å²) < 4.78 is 0. The summed E-state index contributed by atoms with van der Waals surface area (Å²) in [5, 5.41) is 0. The second-order valence-corrected chi connectivity index (χ2v) is 23.0. The van der Waals surface area contributed by atoms with E-state index in [0.29, 0.717) is 0 Å². The van der Waals surface area contributed by atoms with Crippen molar-refractivity contribution < 1.29 is 17.4 Å². The first kappa shape index (κ1) is 26.3. The smallest absolute Gasteiger partial charge is 0.664 e. The van der Waals surface area contributed by atoms with Gasteiger partial charge in [0.25, 0.3) is 0 Å². The van der Waals surface area contributed by atoms with Gasteiger partial charge >= 0.3 is 17.4 Å². The Morgan fingerprint density at radius 2 is 0.739 bits per heavy atom. The Hall–Kier alpha value is 1.02. The molecule has 0 aromatic heterocycles. The van der Waals surface area contributed by atoms with E-state index in [4.69, 9.17) is 14.9 Å². The third-order valence-electron chi connectivity index (χ3n) is 3.01. The molecule has 0 saturated carbocycles. The van der Waals surface area contributed by atoms with Crippen molar-refractivity contribution in [1.29, 1.82) is 0 Å². The van der Waals surface area contributed by atoms with Crippen molar-refractivity contribution in [2.45, 2.75) is 58.9 Å². The molecule has 4 nitrogen and oxygen atoms in total. The van der Waals surface area contributed by atoms with Crippen LogP contribution in [-0.4, -0.2) is 68.9 Å². The zero-order valence-electron chi connectivity index (χ0n) is 16.9. The van der Waals surface area contributed by atoms with Gasteiger partial charge in [-0.1, -0.05) is 83.6 Å². The molecule has 0 saturated heterocycles. The van der Waals surface area contributed by atoms with Crippen LogP contribution in [0.25, 0.3) is 14.9 Å². The Kier molecular flexibility index (Phi) is 13.2. The molecule has 0 aromatic rings. The quantitative estimate of drug-likeness (QED) is 0.421. The van der Waals surface area contributed by atoms with Gasteiger partial charge in [0.1, 0.15) is 0 Å². The van der Waals surface area contributed by atoms with Gasteiger partial charge in [0.15, 0.2) is 0 Å². The van der Waals surface area contributed by atoms with Crippen molar-refractivity contribution in [2.24, 2.45) is 0 Å². The minimum absolute atomic E-state index is 0. The number of hydrogen-bond donors (Lipinski definition) is 0. The molecular formula is C15H39CrN4Si3+. The molecule has 23 heavy (non-hydrogen) atoms. The van der Waals surface area contributed by atoms with E-state index in [0.717, 1.165) is 39.3 Å². The van der Waals surface area contributed by atoms with Crippen LogP contribution in [0, 0.1) is 0 Å². The van der Waals surface area contributed by atoms with Crippen molar-refractivity contribution in [1.82, 2.24) is 4.90 Å². The number of rotatable bonds is 12. The second-order valence-electron chi connectivity index (χ2n) is 9.00. The molecule has 0 aromatic carbocycles. The fourth-order valence-corrected chi connectivity index (χ4v) is 4.23. The molecule has 0 heterocycles. The van der Waals surface area contributed by atoms with Gasteiger partial charge in [0, 0.05) is 0 Å². The molecule has 0 bridgehead atoms. The molecule has 8 heteroatoms. The summed E-state index contributed by atoms with van der Waals surface area (Å²) in [7, 11) is -3.84. The summed E-state index contributed by atoms with van der Waals surface area (Å²) in [5.41, 5.74) is 0. The molecular weight excluding hydrogens is 372 g/mol. The van der Waals surface area contributed by atoms with Crippen molar-refractivity contribution in [2.75, 3.05) is 39.3 Å². The molecule has 0 amide bonds. The average Bonchev–Trinajstić information content (AvgIpc) is 2.23. The molecule has 0 unspecified atom stereocenters. The summed E-state index contributed by atoms with van der Waals surface area (Å²) in [4.78, 5) is 17.1. The molecule has 0 spiro atoms. The fourth-order valence-electron chi connectivity index (χ4n) is 1.92. The van der Waals surface area contributed by atoms with Crippen LogP contribution in [0.4, 0.5) is 0 Å². The van der Waals surface area contributed by atoms with Crippen molar-refractivity contribution in [3.05, 3.63) is 14.9 Å². The second kappa shape index (κ2) is 11.6. The third-order valence-corrected chi connectivity index (χ3v) is 6.52. The molecule has 0 aliphatic heterocycles. The zero-order chi connectivity index (χ0) is 17.4. The van der Waals surface area contributed by atoms with E-state index < -0.39 is 24.7 Å². The van der Waals surface area contributed by atoms with Gasteiger partial charge in [0.05, 0.1) is 0 Å². The summed E-state index contributed by atoms with van der Waals surface area (Å²) in [6.07, 6.45) is 0. The summed E-state index contributed by atoms with van der Waals surface area (Å²) in [6, 6.07) is 0. The van der Waals surface area contributed by atoms with Crippen LogP contribution in [0.2, 0.25) is 58.9 Å². The van der Waals surface area contributed by atoms with Gasteiger partial charge in [-0.25, -0.2) is 0 Å². The fraction of sp³-hybridized carbons (Fsp3) is 1.00. The summed E-state index contributed by atoms with van der Waals surface area (Å²) in [5.74, 6) is 0. The maximum absolute atomic E-state index is 4.86. The molecule has 0 N–H and O–H groups in total. The summed E-state index contributed by atoms with van der Waals surface area (Å²) in [6.45, 7) is 26.8. The van der Waals surface area contributed by atoms with Crippen LogP contribution in [0.1, 0.15) is 0 Å². The van der Waals surface area contributed by atoms with Crippen molar-refractivity contribution >= 4 is 24.7 Å². The normalized spacial score (nSPS) is 13.3. The predicted octanol–water partition coefficient (Wildman–Crippen LogP) is 4.91. The first-order valence-electron chi connectivity index (χ1n) is 8.57. The Morgan fingerprint density at radius 1 is 0.522 bits per heavy atom. The molecule has 0 aliphatic rings. The van der Waals surface area contributed by atoms with Gasteiger partial charge in [0.2, 0.25) is 0 Å². The largest absolute Gasteiger partial charge is 4.00 e. The van der Waals surface area contributed by atoms with Gasteiger partial charge in [-0.15, -0.1) is 19.6 Å². The maximum Gasteiger partial charge on any atom is 4.00 e. The molecule has 0 aliphatic carbocycles. The molecule has 0 rings (SSSR count). The molecule has 0 radical (unpaired) electrons. The summed E-state index contributed by atoms with van der Waals surface area (Å²) >= 11 is 0. The van der Waals surface area contributed by atoms with Gasteiger partial charge in [-0.05, 0) is 19.6 Å². The van der Waals surface area contributed by atoms with E-state index >= 15 is 0 Å². The third kappa shape index (κ3) is 21.0. The Bertz CT molecular complexity index is 251. The predicted molar refractivity (Wildman–Crippen MR) is 111 cm³/mol. The van der Waals surface area contributed by atoms with Crippen LogP contribution < -0.4 is 0 Å². The molecule has 136 valence electrons. The van der Waals surface area contributed by atoms with Crippen molar-refractivity contribution in [3.8, 4) is 0 Å². The van der Waals surface area contributed by atoms with Crippen LogP contribution in [0.5, 0.6) is 0 Å². The number of hydrogen-bond acceptors (Lipinski definition) is 1. The van der Waals surface area contributed by atoms with Crippen LogP contribution in [-0.2, 0) is 17.4 Å². The Labute approximate surface area is 160 Å². The zero-order valence-corrected chi connectivity index (χ0v) is 21.2.